The Labute approximate surface area is 232 Å². The van der Waals surface area contributed by atoms with Gasteiger partial charge in [-0.15, -0.1) is 0 Å². The summed E-state index contributed by atoms with van der Waals surface area (Å²) in [5.74, 6) is 0.740. The van der Waals surface area contributed by atoms with Crippen LogP contribution < -0.4 is 10.6 Å². The van der Waals surface area contributed by atoms with Crippen LogP contribution in [0.2, 0.25) is 0 Å². The monoisotopic (exact) mass is 540 g/mol. The highest BCUT2D eigenvalue weighted by Gasteiger charge is 2.15. The van der Waals surface area contributed by atoms with Crippen LogP contribution in [0, 0.1) is 5.82 Å². The Kier molecular flexibility index (Phi) is 12.8. The molecule has 0 radical (unpaired) electrons. The molecule has 0 unspecified atom stereocenters. The number of unbranched alkanes of at least 4 members (excludes halogenated alkanes) is 5. The number of nitrogens with one attached hydrogen (secondary N) is 2. The third kappa shape index (κ3) is 12.7. The van der Waals surface area contributed by atoms with Gasteiger partial charge in [-0.25, -0.2) is 9.18 Å². The summed E-state index contributed by atoms with van der Waals surface area (Å²) in [6.45, 7) is 9.34. The van der Waals surface area contributed by atoms with E-state index in [9.17, 15) is 9.18 Å². The molecule has 0 saturated heterocycles. The van der Waals surface area contributed by atoms with E-state index in [4.69, 9.17) is 13.9 Å². The fraction of sp³-hybridized carbons (Fsp3) is 0.531. The molecule has 0 saturated carbocycles. The Morgan fingerprint density at radius 3 is 2.33 bits per heavy atom. The maximum absolute atomic E-state index is 13.1. The fourth-order valence-electron chi connectivity index (χ4n) is 4.30. The lowest BCUT2D eigenvalue weighted by Crippen LogP contribution is -2.32. The molecular formula is C32H45FN2O4. The second kappa shape index (κ2) is 16.3. The Hall–Kier alpha value is -2.90. The van der Waals surface area contributed by atoms with E-state index in [0.717, 1.165) is 74.1 Å². The third-order valence-corrected chi connectivity index (χ3v) is 6.34. The van der Waals surface area contributed by atoms with Gasteiger partial charge in [0.25, 0.3) is 0 Å². The lowest BCUT2D eigenvalue weighted by molar-refractivity contribution is 0.0527. The number of furan rings is 1. The minimum absolute atomic E-state index is 0.207. The van der Waals surface area contributed by atoms with Gasteiger partial charge in [-0.1, -0.05) is 49.9 Å². The summed E-state index contributed by atoms with van der Waals surface area (Å²) in [6, 6.07) is 15.1. The normalized spacial score (nSPS) is 11.7. The van der Waals surface area contributed by atoms with E-state index in [0.29, 0.717) is 13.2 Å². The van der Waals surface area contributed by atoms with Gasteiger partial charge in [0.05, 0.1) is 6.61 Å². The number of amides is 1. The van der Waals surface area contributed by atoms with E-state index in [1.165, 1.54) is 37.0 Å². The van der Waals surface area contributed by atoms with E-state index in [2.05, 4.69) is 34.9 Å². The second-order valence-corrected chi connectivity index (χ2v) is 11.1. The van der Waals surface area contributed by atoms with Crippen molar-refractivity contribution < 1.29 is 23.1 Å². The van der Waals surface area contributed by atoms with Crippen LogP contribution in [0.1, 0.15) is 76.2 Å². The Bertz CT molecular complexity index is 1120. The van der Waals surface area contributed by atoms with Crippen LogP contribution in [0.5, 0.6) is 0 Å². The molecule has 0 atom stereocenters. The van der Waals surface area contributed by atoms with Gasteiger partial charge in [0.1, 0.15) is 22.8 Å². The van der Waals surface area contributed by atoms with Crippen molar-refractivity contribution in [3.8, 4) is 0 Å². The number of ether oxygens (including phenoxy) is 2. The van der Waals surface area contributed by atoms with Crippen molar-refractivity contribution in [3.05, 3.63) is 71.2 Å². The Morgan fingerprint density at radius 1 is 0.846 bits per heavy atom. The van der Waals surface area contributed by atoms with Gasteiger partial charge < -0.3 is 24.5 Å². The fourth-order valence-corrected chi connectivity index (χ4v) is 4.30. The molecule has 2 N–H and O–H groups in total. The van der Waals surface area contributed by atoms with E-state index in [1.54, 1.807) is 0 Å². The zero-order chi connectivity index (χ0) is 27.9. The number of aryl methyl sites for hydroxylation is 2. The van der Waals surface area contributed by atoms with Gasteiger partial charge in [0, 0.05) is 38.0 Å². The van der Waals surface area contributed by atoms with Crippen molar-refractivity contribution in [1.29, 1.82) is 0 Å². The average molecular weight is 541 g/mol. The summed E-state index contributed by atoms with van der Waals surface area (Å²) in [7, 11) is 0. The highest BCUT2D eigenvalue weighted by Crippen LogP contribution is 2.22. The van der Waals surface area contributed by atoms with Crippen LogP contribution >= 0.6 is 0 Å². The zero-order valence-electron chi connectivity index (χ0n) is 23.8. The maximum Gasteiger partial charge on any atom is 0.407 e. The summed E-state index contributed by atoms with van der Waals surface area (Å²) in [6.07, 6.45) is 7.98. The molecule has 2 aromatic carbocycles. The molecule has 214 valence electrons. The largest absolute Gasteiger partial charge is 0.461 e. The molecule has 0 spiro atoms. The Balaban J connectivity index is 1.17. The average Bonchev–Trinajstić information content (AvgIpc) is 3.30. The first kappa shape index (κ1) is 30.6. The standard InChI is InChI=1S/C32H45FN2O4/c1-32(2,3)39-31(36)35-18-8-6-4-5-7-9-20-37-21-19-34-24-26-10-14-27-23-29(38-30(27)22-26)17-13-25-11-15-28(33)16-12-25/h10-12,14-16,22-23,34H,4-9,13,17-21,24H2,1-3H3,(H,35,36). The van der Waals surface area contributed by atoms with Gasteiger partial charge in [-0.05, 0) is 75.4 Å². The molecule has 0 fully saturated rings. The molecule has 39 heavy (non-hydrogen) atoms. The van der Waals surface area contributed by atoms with Crippen LogP contribution in [0.3, 0.4) is 0 Å². The molecule has 0 aliphatic heterocycles. The van der Waals surface area contributed by atoms with Gasteiger partial charge in [-0.3, -0.25) is 0 Å². The molecular weight excluding hydrogens is 495 g/mol. The zero-order valence-corrected chi connectivity index (χ0v) is 23.8. The number of fused-ring (bicyclic) bond motifs is 1. The maximum atomic E-state index is 13.1. The van der Waals surface area contributed by atoms with Crippen LogP contribution in [0.25, 0.3) is 11.0 Å². The summed E-state index contributed by atoms with van der Waals surface area (Å²) >= 11 is 0. The number of halogens is 1. The number of rotatable bonds is 17. The molecule has 0 aliphatic rings. The minimum atomic E-state index is -0.447. The van der Waals surface area contributed by atoms with Crippen LogP contribution in [0.15, 0.2) is 52.9 Å². The smallest absolute Gasteiger partial charge is 0.407 e. The summed E-state index contributed by atoms with van der Waals surface area (Å²) in [4.78, 5) is 11.6. The lowest BCUT2D eigenvalue weighted by Gasteiger charge is -2.19. The molecule has 1 heterocycles. The first-order valence-corrected chi connectivity index (χ1v) is 14.3. The van der Waals surface area contributed by atoms with Crippen LogP contribution in [-0.2, 0) is 28.9 Å². The summed E-state index contributed by atoms with van der Waals surface area (Å²) in [5.41, 5.74) is 2.74. The predicted molar refractivity (Wildman–Crippen MR) is 154 cm³/mol. The number of hydrogen-bond donors (Lipinski definition) is 2. The van der Waals surface area contributed by atoms with Crippen molar-refractivity contribution >= 4 is 17.1 Å². The summed E-state index contributed by atoms with van der Waals surface area (Å²) < 4.78 is 30.1. The number of benzene rings is 2. The number of alkyl carbamates (subject to hydrolysis) is 1. The molecule has 3 aromatic rings. The highest BCUT2D eigenvalue weighted by molar-refractivity contribution is 5.78. The van der Waals surface area contributed by atoms with Crippen molar-refractivity contribution in [3.63, 3.8) is 0 Å². The quantitative estimate of drug-likeness (QED) is 0.175. The van der Waals surface area contributed by atoms with Crippen molar-refractivity contribution in [2.45, 2.75) is 84.3 Å². The third-order valence-electron chi connectivity index (χ3n) is 6.34. The number of hydrogen-bond acceptors (Lipinski definition) is 5. The molecule has 1 aromatic heterocycles. The molecule has 1 amide bonds. The van der Waals surface area contributed by atoms with E-state index in [1.807, 2.05) is 32.9 Å². The van der Waals surface area contributed by atoms with E-state index in [-0.39, 0.29) is 11.9 Å². The first-order chi connectivity index (χ1) is 18.8. The highest BCUT2D eigenvalue weighted by atomic mass is 19.1. The first-order valence-electron chi connectivity index (χ1n) is 14.3. The number of carbonyl (C=O) groups excluding carboxylic acids is 1. The lowest BCUT2D eigenvalue weighted by atomic mass is 10.1. The molecule has 6 nitrogen and oxygen atoms in total. The minimum Gasteiger partial charge on any atom is -0.461 e. The van der Waals surface area contributed by atoms with Crippen molar-refractivity contribution in [2.75, 3.05) is 26.3 Å². The summed E-state index contributed by atoms with van der Waals surface area (Å²) in [5, 5.41) is 7.35. The second-order valence-electron chi connectivity index (χ2n) is 11.1. The molecule has 0 aliphatic carbocycles. The van der Waals surface area contributed by atoms with Gasteiger partial charge in [-0.2, -0.15) is 0 Å². The van der Waals surface area contributed by atoms with Crippen LogP contribution in [0.4, 0.5) is 9.18 Å². The molecule has 0 bridgehead atoms. The van der Waals surface area contributed by atoms with Crippen molar-refractivity contribution in [2.24, 2.45) is 0 Å². The number of carbonyl (C=O) groups is 1. The van der Waals surface area contributed by atoms with Gasteiger partial charge >= 0.3 is 6.09 Å². The van der Waals surface area contributed by atoms with Gasteiger partial charge in [0.2, 0.25) is 0 Å². The molecule has 7 heteroatoms. The van der Waals surface area contributed by atoms with Gasteiger partial charge in [0.15, 0.2) is 0 Å². The van der Waals surface area contributed by atoms with E-state index >= 15 is 0 Å². The SMILES string of the molecule is CC(C)(C)OC(=O)NCCCCCCCCOCCNCc1ccc2cc(CCc3ccc(F)cc3)oc2c1. The van der Waals surface area contributed by atoms with Crippen LogP contribution in [-0.4, -0.2) is 38.0 Å². The molecule has 3 rings (SSSR count). The van der Waals surface area contributed by atoms with E-state index < -0.39 is 5.60 Å². The topological polar surface area (TPSA) is 72.7 Å². The predicted octanol–water partition coefficient (Wildman–Crippen LogP) is 7.33. The Morgan fingerprint density at radius 2 is 1.56 bits per heavy atom. The van der Waals surface area contributed by atoms with Crippen molar-refractivity contribution in [1.82, 2.24) is 10.6 Å².